The second-order valence-electron chi connectivity index (χ2n) is 5.60. The van der Waals surface area contributed by atoms with Crippen LogP contribution in [0.2, 0.25) is 0 Å². The zero-order valence-corrected chi connectivity index (χ0v) is 13.8. The molecule has 0 radical (unpaired) electrons. The van der Waals surface area contributed by atoms with Crippen molar-refractivity contribution in [3.8, 4) is 5.69 Å². The Morgan fingerprint density at radius 1 is 1.00 bits per heavy atom. The molecule has 0 unspecified atom stereocenters. The maximum Gasteiger partial charge on any atom is 0.293 e. The smallest absolute Gasteiger partial charge is 0.293 e. The normalized spacial score (nSPS) is 10.6. The summed E-state index contributed by atoms with van der Waals surface area (Å²) in [4.78, 5) is 18.4. The molecule has 1 N–H and O–H groups in total. The summed E-state index contributed by atoms with van der Waals surface area (Å²) in [5.41, 5.74) is 1.98. The van der Waals surface area contributed by atoms with Gasteiger partial charge in [-0.3, -0.25) is 4.79 Å². The van der Waals surface area contributed by atoms with Gasteiger partial charge in [0.15, 0.2) is 0 Å². The highest BCUT2D eigenvalue weighted by Crippen LogP contribution is 2.08. The van der Waals surface area contributed by atoms with Crippen molar-refractivity contribution in [2.45, 2.75) is 6.42 Å². The molecule has 6 heteroatoms. The first-order chi connectivity index (χ1) is 12.3. The highest BCUT2D eigenvalue weighted by molar-refractivity contribution is 5.90. The maximum absolute atomic E-state index is 12.7. The number of carbonyl (C=O) groups is 1. The van der Waals surface area contributed by atoms with E-state index in [2.05, 4.69) is 10.1 Å². The average Bonchev–Trinajstić information content (AvgIpc) is 3.16. The number of nitrogens with zero attached hydrogens (tertiary/aromatic N) is 4. The van der Waals surface area contributed by atoms with E-state index in [1.165, 1.54) is 6.33 Å². The van der Waals surface area contributed by atoms with Gasteiger partial charge in [0, 0.05) is 13.1 Å². The van der Waals surface area contributed by atoms with Gasteiger partial charge in [-0.2, -0.15) is 0 Å². The molecule has 0 bridgehead atoms. The molecule has 0 atom stereocenters. The lowest BCUT2D eigenvalue weighted by molar-refractivity contribution is 0.0712. The number of hydrogen-bond acceptors (Lipinski definition) is 4. The second kappa shape index (κ2) is 8.21. The number of aliphatic hydroxyl groups excluding tert-OH is 1. The van der Waals surface area contributed by atoms with Gasteiger partial charge in [0.25, 0.3) is 5.91 Å². The van der Waals surface area contributed by atoms with Crippen LogP contribution in [0.3, 0.4) is 0 Å². The van der Waals surface area contributed by atoms with Gasteiger partial charge in [-0.05, 0) is 24.1 Å². The minimum absolute atomic E-state index is 0.0973. The SMILES string of the molecule is O=C(c1ncn(-c2ccccc2)n1)N(CCO)CCc1ccccc1. The molecule has 0 aliphatic heterocycles. The molecule has 0 fully saturated rings. The first-order valence-corrected chi connectivity index (χ1v) is 8.19. The topological polar surface area (TPSA) is 71.2 Å². The predicted octanol–water partition coefficient (Wildman–Crippen LogP) is 1.94. The van der Waals surface area contributed by atoms with Gasteiger partial charge >= 0.3 is 0 Å². The summed E-state index contributed by atoms with van der Waals surface area (Å²) in [6, 6.07) is 19.4. The summed E-state index contributed by atoms with van der Waals surface area (Å²) in [5, 5.41) is 13.5. The summed E-state index contributed by atoms with van der Waals surface area (Å²) in [5.74, 6) is -0.148. The van der Waals surface area contributed by atoms with E-state index in [1.807, 2.05) is 60.7 Å². The van der Waals surface area contributed by atoms with Gasteiger partial charge in [0.2, 0.25) is 5.82 Å². The van der Waals surface area contributed by atoms with Gasteiger partial charge in [-0.25, -0.2) is 9.67 Å². The van der Waals surface area contributed by atoms with Gasteiger partial charge < -0.3 is 10.0 Å². The Morgan fingerprint density at radius 2 is 1.68 bits per heavy atom. The van der Waals surface area contributed by atoms with Crippen molar-refractivity contribution < 1.29 is 9.90 Å². The highest BCUT2D eigenvalue weighted by atomic mass is 16.3. The average molecular weight is 336 g/mol. The quantitative estimate of drug-likeness (QED) is 0.716. The van der Waals surface area contributed by atoms with E-state index in [4.69, 9.17) is 0 Å². The van der Waals surface area contributed by atoms with E-state index in [1.54, 1.807) is 9.58 Å². The molecule has 0 saturated heterocycles. The second-order valence-corrected chi connectivity index (χ2v) is 5.60. The minimum atomic E-state index is -0.278. The fourth-order valence-electron chi connectivity index (χ4n) is 2.55. The molecule has 6 nitrogen and oxygen atoms in total. The summed E-state index contributed by atoms with van der Waals surface area (Å²) in [6.07, 6.45) is 2.24. The van der Waals surface area contributed by atoms with Crippen molar-refractivity contribution in [1.82, 2.24) is 19.7 Å². The zero-order chi connectivity index (χ0) is 17.5. The predicted molar refractivity (Wildman–Crippen MR) is 94.5 cm³/mol. The molecule has 0 spiro atoms. The third-order valence-electron chi connectivity index (χ3n) is 3.87. The van der Waals surface area contributed by atoms with Gasteiger partial charge in [-0.1, -0.05) is 48.5 Å². The minimum Gasteiger partial charge on any atom is -0.395 e. The summed E-state index contributed by atoms with van der Waals surface area (Å²) >= 11 is 0. The lowest BCUT2D eigenvalue weighted by atomic mass is 10.1. The summed E-state index contributed by atoms with van der Waals surface area (Å²) in [6.45, 7) is 0.661. The first-order valence-electron chi connectivity index (χ1n) is 8.19. The molecular weight excluding hydrogens is 316 g/mol. The standard InChI is InChI=1S/C19H20N4O2/c24-14-13-22(12-11-16-7-3-1-4-8-16)19(25)18-20-15-23(21-18)17-9-5-2-6-10-17/h1-10,15,24H,11-14H2. The van der Waals surface area contributed by atoms with Crippen molar-refractivity contribution in [1.29, 1.82) is 0 Å². The molecule has 25 heavy (non-hydrogen) atoms. The number of aromatic nitrogens is 3. The van der Waals surface area contributed by atoms with Crippen molar-refractivity contribution in [2.75, 3.05) is 19.7 Å². The van der Waals surface area contributed by atoms with Gasteiger partial charge in [-0.15, -0.1) is 5.10 Å². The number of hydrogen-bond donors (Lipinski definition) is 1. The molecule has 0 aliphatic carbocycles. The van der Waals surface area contributed by atoms with Crippen molar-refractivity contribution >= 4 is 5.91 Å². The number of benzene rings is 2. The van der Waals surface area contributed by atoms with E-state index >= 15 is 0 Å². The Bertz CT molecular complexity index is 803. The van der Waals surface area contributed by atoms with E-state index in [0.29, 0.717) is 13.0 Å². The number of amides is 1. The molecule has 1 aromatic heterocycles. The molecule has 0 saturated carbocycles. The number of carbonyl (C=O) groups excluding carboxylic acids is 1. The Kier molecular flexibility index (Phi) is 5.53. The van der Waals surface area contributed by atoms with Crippen LogP contribution in [-0.2, 0) is 6.42 Å². The van der Waals surface area contributed by atoms with Crippen LogP contribution in [0.15, 0.2) is 67.0 Å². The monoisotopic (exact) mass is 336 g/mol. The summed E-state index contributed by atoms with van der Waals surface area (Å²) in [7, 11) is 0. The zero-order valence-electron chi connectivity index (χ0n) is 13.8. The van der Waals surface area contributed by atoms with Crippen molar-refractivity contribution in [3.63, 3.8) is 0 Å². The lowest BCUT2D eigenvalue weighted by Crippen LogP contribution is -2.36. The molecule has 0 aliphatic rings. The van der Waals surface area contributed by atoms with Crippen molar-refractivity contribution in [2.24, 2.45) is 0 Å². The van der Waals surface area contributed by atoms with Gasteiger partial charge in [0.05, 0.1) is 12.3 Å². The molecule has 1 amide bonds. The fraction of sp³-hybridized carbons (Fsp3) is 0.211. The van der Waals surface area contributed by atoms with Crippen LogP contribution in [-0.4, -0.2) is 50.4 Å². The van der Waals surface area contributed by atoms with Crippen LogP contribution >= 0.6 is 0 Å². The molecule has 3 aromatic rings. The largest absolute Gasteiger partial charge is 0.395 e. The fourth-order valence-corrected chi connectivity index (χ4v) is 2.55. The number of para-hydroxylation sites is 1. The van der Waals surface area contributed by atoms with E-state index < -0.39 is 0 Å². The molecule has 3 rings (SSSR count). The van der Waals surface area contributed by atoms with Crippen LogP contribution in [0.4, 0.5) is 0 Å². The van der Waals surface area contributed by atoms with Crippen LogP contribution < -0.4 is 0 Å². The van der Waals surface area contributed by atoms with Crippen molar-refractivity contribution in [3.05, 3.63) is 78.4 Å². The van der Waals surface area contributed by atoms with Crippen LogP contribution in [0.25, 0.3) is 5.69 Å². The molecule has 1 heterocycles. The van der Waals surface area contributed by atoms with Crippen LogP contribution in [0.5, 0.6) is 0 Å². The number of rotatable bonds is 7. The van der Waals surface area contributed by atoms with Crippen LogP contribution in [0.1, 0.15) is 16.2 Å². The van der Waals surface area contributed by atoms with Gasteiger partial charge in [0.1, 0.15) is 6.33 Å². The Balaban J connectivity index is 1.71. The lowest BCUT2D eigenvalue weighted by Gasteiger charge is -2.20. The van der Waals surface area contributed by atoms with E-state index in [0.717, 1.165) is 11.3 Å². The Hall–Kier alpha value is -2.99. The summed E-state index contributed by atoms with van der Waals surface area (Å²) < 4.78 is 1.57. The molecular formula is C19H20N4O2. The number of aliphatic hydroxyl groups is 1. The Labute approximate surface area is 146 Å². The first kappa shape index (κ1) is 16.9. The third kappa shape index (κ3) is 4.30. The third-order valence-corrected chi connectivity index (χ3v) is 3.87. The molecule has 2 aromatic carbocycles. The maximum atomic E-state index is 12.7. The highest BCUT2D eigenvalue weighted by Gasteiger charge is 2.19. The molecule has 128 valence electrons. The van der Waals surface area contributed by atoms with E-state index in [9.17, 15) is 9.90 Å². The Morgan fingerprint density at radius 3 is 2.36 bits per heavy atom. The van der Waals surface area contributed by atoms with Crippen LogP contribution in [0, 0.1) is 0 Å². The van der Waals surface area contributed by atoms with E-state index in [-0.39, 0.29) is 24.9 Å².